The average Bonchev–Trinajstić information content (AvgIpc) is 2.65. The van der Waals surface area contributed by atoms with Crippen LogP contribution in [0.2, 0.25) is 0 Å². The third kappa shape index (κ3) is 2.35. The molecule has 2 rings (SSSR count). The van der Waals surface area contributed by atoms with Crippen LogP contribution in [0.3, 0.4) is 0 Å². The average molecular weight is 347 g/mol. The Labute approximate surface area is 108 Å². The van der Waals surface area contributed by atoms with Gasteiger partial charge in [0.2, 0.25) is 5.78 Å². The standard InChI is InChI=1S/C10H5Br2NOS/c11-6-1-2-8(13-5-6)9(14)10-7(12)3-4-15-10/h1-5H. The maximum absolute atomic E-state index is 11.9. The van der Waals surface area contributed by atoms with Gasteiger partial charge in [0.25, 0.3) is 0 Å². The lowest BCUT2D eigenvalue weighted by molar-refractivity contribution is 0.103. The SMILES string of the molecule is O=C(c1ccc(Br)cn1)c1sccc1Br. The van der Waals surface area contributed by atoms with Crippen LogP contribution < -0.4 is 0 Å². The largest absolute Gasteiger partial charge is 0.286 e. The van der Waals surface area contributed by atoms with E-state index in [0.717, 1.165) is 8.95 Å². The number of thiophene rings is 1. The third-order valence-corrected chi connectivity index (χ3v) is 4.09. The lowest BCUT2D eigenvalue weighted by Crippen LogP contribution is -2.01. The van der Waals surface area contributed by atoms with Gasteiger partial charge in [0.15, 0.2) is 0 Å². The zero-order chi connectivity index (χ0) is 10.8. The van der Waals surface area contributed by atoms with Crippen molar-refractivity contribution in [3.8, 4) is 0 Å². The van der Waals surface area contributed by atoms with Crippen LogP contribution in [0.4, 0.5) is 0 Å². The van der Waals surface area contributed by atoms with E-state index < -0.39 is 0 Å². The number of ketones is 1. The number of aromatic nitrogens is 1. The van der Waals surface area contributed by atoms with Crippen molar-refractivity contribution in [2.75, 3.05) is 0 Å². The number of nitrogens with zero attached hydrogens (tertiary/aromatic N) is 1. The molecule has 0 aromatic carbocycles. The van der Waals surface area contributed by atoms with Gasteiger partial charge < -0.3 is 0 Å². The molecule has 0 bridgehead atoms. The summed E-state index contributed by atoms with van der Waals surface area (Å²) < 4.78 is 1.69. The van der Waals surface area contributed by atoms with Gasteiger partial charge in [0.05, 0.1) is 4.88 Å². The Morgan fingerprint density at radius 3 is 2.60 bits per heavy atom. The Morgan fingerprint density at radius 1 is 1.27 bits per heavy atom. The predicted octanol–water partition coefficient (Wildman–Crippen LogP) is 3.90. The molecule has 0 fully saturated rings. The van der Waals surface area contributed by atoms with Gasteiger partial charge in [-0.05, 0) is 55.4 Å². The van der Waals surface area contributed by atoms with Crippen molar-refractivity contribution < 1.29 is 4.79 Å². The van der Waals surface area contributed by atoms with E-state index in [4.69, 9.17) is 0 Å². The molecule has 0 atom stereocenters. The Balaban J connectivity index is 2.37. The molecule has 0 saturated heterocycles. The molecule has 76 valence electrons. The van der Waals surface area contributed by atoms with Gasteiger partial charge >= 0.3 is 0 Å². The van der Waals surface area contributed by atoms with Crippen molar-refractivity contribution in [1.82, 2.24) is 4.98 Å². The van der Waals surface area contributed by atoms with Crippen molar-refractivity contribution in [2.24, 2.45) is 0 Å². The molecule has 0 N–H and O–H groups in total. The summed E-state index contributed by atoms with van der Waals surface area (Å²) in [7, 11) is 0. The summed E-state index contributed by atoms with van der Waals surface area (Å²) in [5.41, 5.74) is 0.460. The Morgan fingerprint density at radius 2 is 2.07 bits per heavy atom. The molecule has 2 nitrogen and oxygen atoms in total. The van der Waals surface area contributed by atoms with E-state index in [-0.39, 0.29) is 5.78 Å². The second kappa shape index (κ2) is 4.55. The highest BCUT2D eigenvalue weighted by Crippen LogP contribution is 2.25. The summed E-state index contributed by atoms with van der Waals surface area (Å²) in [6, 6.07) is 5.37. The number of halogens is 2. The monoisotopic (exact) mass is 345 g/mol. The second-order valence-electron chi connectivity index (χ2n) is 2.79. The first-order valence-corrected chi connectivity index (χ1v) is 6.54. The highest BCUT2D eigenvalue weighted by atomic mass is 79.9. The molecule has 0 aliphatic carbocycles. The Hall–Kier alpha value is -0.520. The van der Waals surface area contributed by atoms with Crippen LogP contribution >= 0.6 is 43.2 Å². The van der Waals surface area contributed by atoms with Crippen LogP contribution in [0, 0.1) is 0 Å². The second-order valence-corrected chi connectivity index (χ2v) is 5.47. The van der Waals surface area contributed by atoms with E-state index in [1.165, 1.54) is 11.3 Å². The summed E-state index contributed by atoms with van der Waals surface area (Å²) >= 11 is 8.02. The fraction of sp³-hybridized carbons (Fsp3) is 0. The number of rotatable bonds is 2. The van der Waals surface area contributed by atoms with E-state index in [0.29, 0.717) is 10.6 Å². The first kappa shape index (κ1) is 11.0. The number of pyridine rings is 1. The zero-order valence-electron chi connectivity index (χ0n) is 7.41. The number of carbonyl (C=O) groups is 1. The fourth-order valence-corrected chi connectivity index (χ4v) is 2.82. The summed E-state index contributed by atoms with van der Waals surface area (Å²) in [6.07, 6.45) is 1.62. The number of carbonyl (C=O) groups excluding carboxylic acids is 1. The predicted molar refractivity (Wildman–Crippen MR) is 67.4 cm³/mol. The number of hydrogen-bond donors (Lipinski definition) is 0. The van der Waals surface area contributed by atoms with Crippen LogP contribution in [0.15, 0.2) is 38.7 Å². The van der Waals surface area contributed by atoms with Gasteiger partial charge in [-0.1, -0.05) is 0 Å². The third-order valence-electron chi connectivity index (χ3n) is 1.78. The minimum atomic E-state index is -0.0515. The van der Waals surface area contributed by atoms with Crippen molar-refractivity contribution >= 4 is 49.0 Å². The van der Waals surface area contributed by atoms with Crippen molar-refractivity contribution in [2.45, 2.75) is 0 Å². The molecule has 0 aliphatic rings. The van der Waals surface area contributed by atoms with E-state index in [1.54, 1.807) is 12.3 Å². The Bertz CT molecular complexity index is 492. The van der Waals surface area contributed by atoms with Gasteiger partial charge in [0, 0.05) is 15.1 Å². The molecule has 15 heavy (non-hydrogen) atoms. The highest BCUT2D eigenvalue weighted by Gasteiger charge is 2.14. The molecule has 2 heterocycles. The van der Waals surface area contributed by atoms with E-state index in [1.807, 2.05) is 17.5 Å². The van der Waals surface area contributed by atoms with Crippen molar-refractivity contribution in [3.05, 3.63) is 49.3 Å². The first-order valence-electron chi connectivity index (χ1n) is 4.08. The van der Waals surface area contributed by atoms with Gasteiger partial charge in [-0.3, -0.25) is 9.78 Å². The molecule has 5 heteroatoms. The molecule has 0 radical (unpaired) electrons. The maximum Gasteiger partial charge on any atom is 0.222 e. The van der Waals surface area contributed by atoms with Crippen LogP contribution in [0.25, 0.3) is 0 Å². The zero-order valence-corrected chi connectivity index (χ0v) is 11.4. The summed E-state index contributed by atoms with van der Waals surface area (Å²) in [6.45, 7) is 0. The smallest absolute Gasteiger partial charge is 0.222 e. The molecule has 0 unspecified atom stereocenters. The Kier molecular flexibility index (Phi) is 3.33. The summed E-state index contributed by atoms with van der Waals surface area (Å²) in [5.74, 6) is -0.0515. The molecule has 2 aromatic rings. The van der Waals surface area contributed by atoms with Crippen LogP contribution in [0.1, 0.15) is 15.4 Å². The van der Waals surface area contributed by atoms with Crippen LogP contribution in [0.5, 0.6) is 0 Å². The molecule has 2 aromatic heterocycles. The topological polar surface area (TPSA) is 30.0 Å². The lowest BCUT2D eigenvalue weighted by atomic mass is 10.2. The van der Waals surface area contributed by atoms with E-state index in [9.17, 15) is 4.79 Å². The van der Waals surface area contributed by atoms with Crippen LogP contribution in [-0.2, 0) is 0 Å². The van der Waals surface area contributed by atoms with Gasteiger partial charge in [-0.15, -0.1) is 11.3 Å². The molecule has 0 amide bonds. The molecular weight excluding hydrogens is 342 g/mol. The van der Waals surface area contributed by atoms with Gasteiger partial charge in [-0.2, -0.15) is 0 Å². The number of hydrogen-bond acceptors (Lipinski definition) is 3. The highest BCUT2D eigenvalue weighted by molar-refractivity contribution is 9.10. The summed E-state index contributed by atoms with van der Waals surface area (Å²) in [5, 5.41) is 1.87. The van der Waals surface area contributed by atoms with Crippen molar-refractivity contribution in [3.63, 3.8) is 0 Å². The minimum Gasteiger partial charge on any atom is -0.286 e. The molecule has 0 spiro atoms. The molecule has 0 aliphatic heterocycles. The normalized spacial score (nSPS) is 10.3. The van der Waals surface area contributed by atoms with Gasteiger partial charge in [-0.25, -0.2) is 0 Å². The fourth-order valence-electron chi connectivity index (χ4n) is 1.08. The van der Waals surface area contributed by atoms with Crippen molar-refractivity contribution in [1.29, 1.82) is 0 Å². The van der Waals surface area contributed by atoms with Gasteiger partial charge in [0.1, 0.15) is 5.69 Å². The quantitative estimate of drug-likeness (QED) is 0.772. The first-order chi connectivity index (χ1) is 7.18. The lowest BCUT2D eigenvalue weighted by Gasteiger charge is -1.98. The molecule has 0 saturated carbocycles. The van der Waals surface area contributed by atoms with Crippen LogP contribution in [-0.4, -0.2) is 10.8 Å². The van der Waals surface area contributed by atoms with E-state index in [2.05, 4.69) is 36.8 Å². The summed E-state index contributed by atoms with van der Waals surface area (Å²) in [4.78, 5) is 16.7. The maximum atomic E-state index is 11.9. The molecular formula is C10H5Br2NOS. The minimum absolute atomic E-state index is 0.0515. The van der Waals surface area contributed by atoms with E-state index >= 15 is 0 Å².